The van der Waals surface area contributed by atoms with E-state index in [1.54, 1.807) is 19.1 Å². The minimum absolute atomic E-state index is 0.235. The average Bonchev–Trinajstić information content (AvgIpc) is 2.30. The molecule has 1 amide bonds. The molecule has 0 saturated heterocycles. The fourth-order valence-corrected chi connectivity index (χ4v) is 2.07. The number of nitrogens with one attached hydrogen (secondary N) is 1. The molecule has 1 aliphatic rings. The topological polar surface area (TPSA) is 69.6 Å². The summed E-state index contributed by atoms with van der Waals surface area (Å²) in [6.45, 7) is 4.79. The number of carboxylic acid groups (broad SMARTS) is 1. The van der Waals surface area contributed by atoms with E-state index in [1.807, 2.05) is 12.1 Å². The van der Waals surface area contributed by atoms with E-state index in [1.165, 1.54) is 18.7 Å². The van der Waals surface area contributed by atoms with Gasteiger partial charge in [-0.25, -0.2) is 4.79 Å². The molecule has 1 unspecified atom stereocenters. The number of carbonyl (C=O) groups excluding carboxylic acids is 1. The number of benzene rings is 1. The van der Waals surface area contributed by atoms with Gasteiger partial charge in [0, 0.05) is 0 Å². The zero-order valence-corrected chi connectivity index (χ0v) is 10.6. The van der Waals surface area contributed by atoms with Gasteiger partial charge in [0.1, 0.15) is 11.6 Å². The molecule has 1 aliphatic heterocycles. The van der Waals surface area contributed by atoms with Crippen LogP contribution in [-0.2, 0) is 9.59 Å². The first kappa shape index (κ1) is 12.4. The van der Waals surface area contributed by atoms with Crippen molar-refractivity contribution in [2.24, 2.45) is 0 Å². The summed E-state index contributed by atoms with van der Waals surface area (Å²) in [6, 6.07) is 6.79. The maximum Gasteiger partial charge on any atom is 0.329 e. The largest absolute Gasteiger partial charge is 0.480 e. The minimum atomic E-state index is -1.27. The van der Waals surface area contributed by atoms with Gasteiger partial charge in [-0.3, -0.25) is 9.69 Å². The van der Waals surface area contributed by atoms with Crippen LogP contribution in [0.4, 0.5) is 11.4 Å². The molecule has 1 aromatic carbocycles. The van der Waals surface area contributed by atoms with Crippen LogP contribution in [0.1, 0.15) is 20.8 Å². The summed E-state index contributed by atoms with van der Waals surface area (Å²) < 4.78 is 0. The summed E-state index contributed by atoms with van der Waals surface area (Å²) in [5.41, 5.74) is 0.107. The zero-order chi connectivity index (χ0) is 13.5. The van der Waals surface area contributed by atoms with E-state index in [2.05, 4.69) is 5.32 Å². The number of hydrogen-bond acceptors (Lipinski definition) is 3. The highest BCUT2D eigenvalue weighted by Gasteiger charge is 2.43. The van der Waals surface area contributed by atoms with Gasteiger partial charge in [0.25, 0.3) is 0 Å². The van der Waals surface area contributed by atoms with Crippen molar-refractivity contribution in [2.75, 3.05) is 10.2 Å². The Morgan fingerprint density at radius 3 is 2.61 bits per heavy atom. The second-order valence-corrected chi connectivity index (χ2v) is 4.92. The number of hydrogen-bond donors (Lipinski definition) is 2. The molecule has 5 nitrogen and oxygen atoms in total. The van der Waals surface area contributed by atoms with Crippen LogP contribution in [0.15, 0.2) is 24.3 Å². The summed E-state index contributed by atoms with van der Waals surface area (Å²) in [4.78, 5) is 25.0. The molecule has 1 atom stereocenters. The fourth-order valence-electron chi connectivity index (χ4n) is 2.07. The van der Waals surface area contributed by atoms with Crippen LogP contribution in [0.2, 0.25) is 0 Å². The lowest BCUT2D eigenvalue weighted by Crippen LogP contribution is -2.59. The van der Waals surface area contributed by atoms with E-state index in [0.29, 0.717) is 5.69 Å². The third-order valence-corrected chi connectivity index (χ3v) is 3.19. The van der Waals surface area contributed by atoms with Gasteiger partial charge in [-0.1, -0.05) is 12.1 Å². The molecule has 0 saturated carbocycles. The fraction of sp³-hybridized carbons (Fsp3) is 0.385. The van der Waals surface area contributed by atoms with Crippen LogP contribution < -0.4 is 10.2 Å². The molecule has 18 heavy (non-hydrogen) atoms. The highest BCUT2D eigenvalue weighted by Crippen LogP contribution is 2.36. The molecular formula is C13H16N2O3. The monoisotopic (exact) mass is 248 g/mol. The molecule has 5 heteroatoms. The summed E-state index contributed by atoms with van der Waals surface area (Å²) in [5, 5.41) is 12.4. The Hall–Kier alpha value is -2.04. The molecule has 0 fully saturated rings. The van der Waals surface area contributed by atoms with Crippen LogP contribution >= 0.6 is 0 Å². The minimum Gasteiger partial charge on any atom is -0.480 e. The van der Waals surface area contributed by atoms with Crippen molar-refractivity contribution in [1.29, 1.82) is 0 Å². The van der Waals surface area contributed by atoms with E-state index < -0.39 is 17.6 Å². The molecule has 1 aromatic rings. The van der Waals surface area contributed by atoms with E-state index in [0.717, 1.165) is 5.69 Å². The van der Waals surface area contributed by atoms with Crippen molar-refractivity contribution in [3.05, 3.63) is 24.3 Å². The number of anilines is 2. The molecular weight excluding hydrogens is 232 g/mol. The van der Waals surface area contributed by atoms with Gasteiger partial charge < -0.3 is 10.4 Å². The Morgan fingerprint density at radius 1 is 1.39 bits per heavy atom. The maximum atomic E-state index is 12.2. The number of aliphatic carboxylic acids is 1. The summed E-state index contributed by atoms with van der Waals surface area (Å²) in [6.07, 6.45) is 0. The SMILES string of the molecule is CC1Nc2ccccc2N(C(C)(C)C(=O)O)C1=O. The van der Waals surface area contributed by atoms with E-state index >= 15 is 0 Å². The second kappa shape index (κ2) is 4.01. The highest BCUT2D eigenvalue weighted by atomic mass is 16.4. The van der Waals surface area contributed by atoms with Crippen LogP contribution in [0.5, 0.6) is 0 Å². The number of fused-ring (bicyclic) bond motifs is 1. The Balaban J connectivity index is 2.58. The average molecular weight is 248 g/mol. The Morgan fingerprint density at radius 2 is 2.00 bits per heavy atom. The third kappa shape index (κ3) is 1.72. The Kier molecular flexibility index (Phi) is 2.77. The van der Waals surface area contributed by atoms with Crippen LogP contribution in [-0.4, -0.2) is 28.6 Å². The zero-order valence-electron chi connectivity index (χ0n) is 10.6. The number of carboxylic acids is 1. The third-order valence-electron chi connectivity index (χ3n) is 3.19. The molecule has 0 aromatic heterocycles. The molecule has 0 radical (unpaired) electrons. The van der Waals surface area contributed by atoms with Gasteiger partial charge in [-0.05, 0) is 32.9 Å². The highest BCUT2D eigenvalue weighted by molar-refractivity contribution is 6.09. The lowest BCUT2D eigenvalue weighted by molar-refractivity contribution is -0.144. The Bertz CT molecular complexity index is 511. The van der Waals surface area contributed by atoms with E-state index in [9.17, 15) is 14.7 Å². The van der Waals surface area contributed by atoms with Crippen molar-refractivity contribution in [3.8, 4) is 0 Å². The Labute approximate surface area is 105 Å². The molecule has 0 aliphatic carbocycles. The first-order valence-electron chi connectivity index (χ1n) is 5.78. The molecule has 96 valence electrons. The lowest BCUT2D eigenvalue weighted by atomic mass is 9.98. The number of nitrogens with zero attached hydrogens (tertiary/aromatic N) is 1. The van der Waals surface area contributed by atoms with Crippen molar-refractivity contribution >= 4 is 23.3 Å². The van der Waals surface area contributed by atoms with Crippen molar-refractivity contribution in [2.45, 2.75) is 32.4 Å². The van der Waals surface area contributed by atoms with Gasteiger partial charge >= 0.3 is 5.97 Å². The van der Waals surface area contributed by atoms with Gasteiger partial charge in [0.15, 0.2) is 0 Å². The van der Waals surface area contributed by atoms with E-state index in [-0.39, 0.29) is 5.91 Å². The van der Waals surface area contributed by atoms with Crippen molar-refractivity contribution in [1.82, 2.24) is 0 Å². The predicted molar refractivity (Wildman–Crippen MR) is 68.7 cm³/mol. The smallest absolute Gasteiger partial charge is 0.329 e. The van der Waals surface area contributed by atoms with Gasteiger partial charge in [-0.2, -0.15) is 0 Å². The molecule has 2 N–H and O–H groups in total. The summed E-state index contributed by atoms with van der Waals surface area (Å²) in [7, 11) is 0. The summed E-state index contributed by atoms with van der Waals surface area (Å²) in [5.74, 6) is -1.26. The lowest BCUT2D eigenvalue weighted by Gasteiger charge is -2.41. The molecule has 0 bridgehead atoms. The summed E-state index contributed by atoms with van der Waals surface area (Å²) >= 11 is 0. The van der Waals surface area contributed by atoms with Gasteiger partial charge in [0.2, 0.25) is 5.91 Å². The molecule has 1 heterocycles. The predicted octanol–water partition coefficient (Wildman–Crippen LogP) is 1.70. The van der Waals surface area contributed by atoms with Gasteiger partial charge in [-0.15, -0.1) is 0 Å². The number of carbonyl (C=O) groups is 2. The number of amides is 1. The second-order valence-electron chi connectivity index (χ2n) is 4.92. The first-order chi connectivity index (χ1) is 8.35. The molecule has 2 rings (SSSR count). The van der Waals surface area contributed by atoms with Gasteiger partial charge in [0.05, 0.1) is 11.4 Å². The maximum absolute atomic E-state index is 12.2. The van der Waals surface area contributed by atoms with Crippen molar-refractivity contribution in [3.63, 3.8) is 0 Å². The van der Waals surface area contributed by atoms with Crippen LogP contribution in [0, 0.1) is 0 Å². The normalized spacial score (nSPS) is 19.2. The van der Waals surface area contributed by atoms with Crippen LogP contribution in [0.25, 0.3) is 0 Å². The van der Waals surface area contributed by atoms with Crippen molar-refractivity contribution < 1.29 is 14.7 Å². The first-order valence-corrected chi connectivity index (χ1v) is 5.78. The standard InChI is InChI=1S/C13H16N2O3/c1-8-11(16)15(13(2,3)12(17)18)10-7-5-4-6-9(10)14-8/h4-8,14H,1-3H3,(H,17,18). The quantitative estimate of drug-likeness (QED) is 0.835. The van der Waals surface area contributed by atoms with E-state index in [4.69, 9.17) is 0 Å². The van der Waals surface area contributed by atoms with Crippen LogP contribution in [0.3, 0.4) is 0 Å². The molecule has 0 spiro atoms. The number of rotatable bonds is 2. The number of para-hydroxylation sites is 2.